The number of nitriles is 1. The molecule has 0 unspecified atom stereocenters. The largest absolute Gasteiger partial charge is 0.461 e. The third-order valence-electron chi connectivity index (χ3n) is 3.85. The van der Waals surface area contributed by atoms with Gasteiger partial charge in [0.1, 0.15) is 0 Å². The molecule has 0 aliphatic carbocycles. The summed E-state index contributed by atoms with van der Waals surface area (Å²) in [5.74, 6) is -0.794. The second-order valence-corrected chi connectivity index (χ2v) is 5.65. The number of hydrogen-bond donors (Lipinski definition) is 0. The molecule has 28 heavy (non-hydrogen) atoms. The Hall–Kier alpha value is -3.60. The number of carbonyl (C=O) groups excluding carboxylic acids is 1. The van der Waals surface area contributed by atoms with Gasteiger partial charge in [-0.15, -0.1) is 0 Å². The van der Waals surface area contributed by atoms with Gasteiger partial charge in [-0.2, -0.15) is 18.4 Å². The molecule has 0 fully saturated rings. The van der Waals surface area contributed by atoms with E-state index < -0.39 is 17.7 Å². The maximum Gasteiger partial charge on any atom is 0.416 e. The molecule has 1 aromatic heterocycles. The van der Waals surface area contributed by atoms with E-state index in [1.165, 1.54) is 12.1 Å². The molecule has 0 aliphatic rings. The average Bonchev–Trinajstić information content (AvgIpc) is 3.13. The van der Waals surface area contributed by atoms with Crippen LogP contribution in [0.3, 0.4) is 0 Å². The summed E-state index contributed by atoms with van der Waals surface area (Å²) in [5.41, 5.74) is -0.135. The molecule has 0 atom stereocenters. The number of carbonyl (C=O) groups is 1. The summed E-state index contributed by atoms with van der Waals surface area (Å²) >= 11 is 0. The third kappa shape index (κ3) is 3.74. The van der Waals surface area contributed by atoms with Gasteiger partial charge >= 0.3 is 12.1 Å². The van der Waals surface area contributed by atoms with Crippen molar-refractivity contribution in [2.24, 2.45) is 0 Å². The molecule has 2 aromatic carbocycles. The van der Waals surface area contributed by atoms with Gasteiger partial charge in [0.15, 0.2) is 11.5 Å². The topological polar surface area (TPSA) is 76.1 Å². The third-order valence-corrected chi connectivity index (χ3v) is 3.85. The first-order valence-electron chi connectivity index (χ1n) is 8.20. The molecule has 0 saturated heterocycles. The first kappa shape index (κ1) is 19.2. The molecule has 0 N–H and O–H groups in total. The maximum atomic E-state index is 12.8. The van der Waals surface area contributed by atoms with Crippen molar-refractivity contribution in [2.45, 2.75) is 13.1 Å². The Morgan fingerprint density at radius 3 is 2.46 bits per heavy atom. The van der Waals surface area contributed by atoms with Gasteiger partial charge in [0.25, 0.3) is 0 Å². The van der Waals surface area contributed by atoms with Gasteiger partial charge in [-0.1, -0.05) is 12.1 Å². The molecule has 3 aromatic rings. The first-order valence-corrected chi connectivity index (χ1v) is 8.20. The average molecular weight is 386 g/mol. The van der Waals surface area contributed by atoms with E-state index in [1.54, 1.807) is 31.2 Å². The number of alkyl halides is 3. The van der Waals surface area contributed by atoms with Crippen molar-refractivity contribution in [3.05, 3.63) is 65.4 Å². The second kappa shape index (κ2) is 7.56. The molecule has 5 nitrogen and oxygen atoms in total. The number of hydrogen-bond acceptors (Lipinski definition) is 5. The van der Waals surface area contributed by atoms with Gasteiger partial charge < -0.3 is 9.15 Å². The molecule has 0 radical (unpaired) electrons. The molecule has 0 spiro atoms. The van der Waals surface area contributed by atoms with Crippen molar-refractivity contribution in [2.75, 3.05) is 6.61 Å². The van der Waals surface area contributed by atoms with E-state index in [9.17, 15) is 23.2 Å². The molecule has 0 bridgehead atoms. The number of ether oxygens (including phenoxy) is 1. The lowest BCUT2D eigenvalue weighted by Crippen LogP contribution is -2.07. The fourth-order valence-electron chi connectivity index (χ4n) is 2.54. The molecule has 0 saturated carbocycles. The summed E-state index contributed by atoms with van der Waals surface area (Å²) in [6.07, 6.45) is -4.47. The Bertz CT molecular complexity index is 1050. The second-order valence-electron chi connectivity index (χ2n) is 5.65. The molecule has 3 rings (SSSR count). The van der Waals surface area contributed by atoms with Crippen molar-refractivity contribution in [3.63, 3.8) is 0 Å². The number of nitrogens with zero attached hydrogens (tertiary/aromatic N) is 2. The standard InChI is InChI=1S/C20H13F3N2O3/c1-2-27-19(26)16-17(15-6-4-3-5-13(15)11-24)28-18(25-16)12-7-9-14(10-8-12)20(21,22)23/h3-10H,2H2,1H3. The van der Waals surface area contributed by atoms with E-state index in [1.807, 2.05) is 6.07 Å². The van der Waals surface area contributed by atoms with Gasteiger partial charge in [0, 0.05) is 11.1 Å². The highest BCUT2D eigenvalue weighted by Gasteiger charge is 2.30. The highest BCUT2D eigenvalue weighted by Crippen LogP contribution is 2.34. The summed E-state index contributed by atoms with van der Waals surface area (Å²) in [4.78, 5) is 16.4. The Labute approximate surface area is 158 Å². The van der Waals surface area contributed by atoms with Crippen LogP contribution in [-0.4, -0.2) is 17.6 Å². The van der Waals surface area contributed by atoms with E-state index in [4.69, 9.17) is 9.15 Å². The summed E-state index contributed by atoms with van der Waals surface area (Å²) in [6.45, 7) is 1.72. The van der Waals surface area contributed by atoms with Crippen LogP contribution in [0.1, 0.15) is 28.5 Å². The quantitative estimate of drug-likeness (QED) is 0.585. The van der Waals surface area contributed by atoms with Crippen LogP contribution < -0.4 is 0 Å². The van der Waals surface area contributed by atoms with Gasteiger partial charge in [0.05, 0.1) is 23.8 Å². The number of aromatic nitrogens is 1. The lowest BCUT2D eigenvalue weighted by Gasteiger charge is -2.06. The fraction of sp³-hybridized carbons (Fsp3) is 0.150. The van der Waals surface area contributed by atoms with Gasteiger partial charge in [-0.05, 0) is 43.3 Å². The predicted molar refractivity (Wildman–Crippen MR) is 93.0 cm³/mol. The summed E-state index contributed by atoms with van der Waals surface area (Å²) in [5, 5.41) is 9.31. The van der Waals surface area contributed by atoms with E-state index in [0.29, 0.717) is 5.56 Å². The Balaban J connectivity index is 2.12. The Morgan fingerprint density at radius 1 is 1.18 bits per heavy atom. The van der Waals surface area contributed by atoms with Crippen molar-refractivity contribution in [1.82, 2.24) is 4.98 Å². The lowest BCUT2D eigenvalue weighted by atomic mass is 10.1. The zero-order valence-corrected chi connectivity index (χ0v) is 14.6. The van der Waals surface area contributed by atoms with Crippen LogP contribution in [-0.2, 0) is 10.9 Å². The minimum Gasteiger partial charge on any atom is -0.461 e. The molecule has 142 valence electrons. The van der Waals surface area contributed by atoms with Crippen molar-refractivity contribution < 1.29 is 27.1 Å². The van der Waals surface area contributed by atoms with E-state index in [2.05, 4.69) is 4.98 Å². The summed E-state index contributed by atoms with van der Waals surface area (Å²) in [7, 11) is 0. The van der Waals surface area contributed by atoms with Crippen LogP contribution in [0, 0.1) is 11.3 Å². The number of benzene rings is 2. The minimum absolute atomic E-state index is 0.0190. The Morgan fingerprint density at radius 2 is 1.86 bits per heavy atom. The molecule has 1 heterocycles. The maximum absolute atomic E-state index is 12.8. The van der Waals surface area contributed by atoms with Crippen LogP contribution >= 0.6 is 0 Å². The summed E-state index contributed by atoms with van der Waals surface area (Å²) < 4.78 is 48.9. The van der Waals surface area contributed by atoms with Crippen LogP contribution in [0.2, 0.25) is 0 Å². The van der Waals surface area contributed by atoms with Crippen LogP contribution in [0.4, 0.5) is 13.2 Å². The SMILES string of the molecule is CCOC(=O)c1nc(-c2ccc(C(F)(F)F)cc2)oc1-c1ccccc1C#N. The number of esters is 1. The van der Waals surface area contributed by atoms with Crippen molar-refractivity contribution in [1.29, 1.82) is 5.26 Å². The minimum atomic E-state index is -4.47. The smallest absolute Gasteiger partial charge is 0.416 e. The zero-order valence-electron chi connectivity index (χ0n) is 14.6. The fourth-order valence-corrected chi connectivity index (χ4v) is 2.54. The molecular weight excluding hydrogens is 373 g/mol. The van der Waals surface area contributed by atoms with Gasteiger partial charge in [-0.25, -0.2) is 9.78 Å². The van der Waals surface area contributed by atoms with E-state index in [0.717, 1.165) is 12.1 Å². The predicted octanol–water partition coefficient (Wildman–Crippen LogP) is 5.08. The highest BCUT2D eigenvalue weighted by molar-refractivity contribution is 5.95. The van der Waals surface area contributed by atoms with Crippen molar-refractivity contribution >= 4 is 5.97 Å². The molecule has 0 amide bonds. The van der Waals surface area contributed by atoms with Gasteiger partial charge in [-0.3, -0.25) is 0 Å². The highest BCUT2D eigenvalue weighted by atomic mass is 19.4. The Kier molecular flexibility index (Phi) is 5.18. The normalized spacial score (nSPS) is 11.1. The number of rotatable bonds is 4. The molecular formula is C20H13F3N2O3. The van der Waals surface area contributed by atoms with Gasteiger partial charge in [0.2, 0.25) is 5.89 Å². The monoisotopic (exact) mass is 386 g/mol. The molecule has 8 heteroatoms. The van der Waals surface area contributed by atoms with E-state index in [-0.39, 0.29) is 35.1 Å². The number of oxazole rings is 1. The summed E-state index contributed by atoms with van der Waals surface area (Å²) in [6, 6.07) is 12.6. The lowest BCUT2D eigenvalue weighted by molar-refractivity contribution is -0.137. The number of halogens is 3. The zero-order chi connectivity index (χ0) is 20.3. The molecule has 0 aliphatic heterocycles. The van der Waals surface area contributed by atoms with E-state index >= 15 is 0 Å². The first-order chi connectivity index (χ1) is 13.3. The van der Waals surface area contributed by atoms with Crippen LogP contribution in [0.15, 0.2) is 52.9 Å². The van der Waals surface area contributed by atoms with Crippen LogP contribution in [0.5, 0.6) is 0 Å². The van der Waals surface area contributed by atoms with Crippen LogP contribution in [0.25, 0.3) is 22.8 Å². The van der Waals surface area contributed by atoms with Crippen molar-refractivity contribution in [3.8, 4) is 28.8 Å².